The van der Waals surface area contributed by atoms with Gasteiger partial charge in [0.1, 0.15) is 0 Å². The van der Waals surface area contributed by atoms with E-state index in [0.29, 0.717) is 17.2 Å². The van der Waals surface area contributed by atoms with Crippen molar-refractivity contribution in [2.75, 3.05) is 25.0 Å². The van der Waals surface area contributed by atoms with Crippen LogP contribution in [0.25, 0.3) is 0 Å². The molecule has 0 aromatic heterocycles. The number of hydrogen-bond donors (Lipinski definition) is 2. The molecule has 28 heavy (non-hydrogen) atoms. The van der Waals surface area contributed by atoms with Crippen molar-refractivity contribution in [2.45, 2.75) is 23.7 Å². The Hall–Kier alpha value is -2.73. The third-order valence-corrected chi connectivity index (χ3v) is 5.86. The number of carbonyl (C=O) groups excluding carboxylic acids is 1. The summed E-state index contributed by atoms with van der Waals surface area (Å²) in [7, 11) is -3.74. The molecule has 1 aliphatic heterocycles. The predicted octanol–water partition coefficient (Wildman–Crippen LogP) is 2.02. The number of nitriles is 1. The first-order valence-electron chi connectivity index (χ1n) is 9.00. The zero-order valence-electron chi connectivity index (χ0n) is 15.3. The van der Waals surface area contributed by atoms with Gasteiger partial charge in [0.2, 0.25) is 15.9 Å². The number of likely N-dealkylation sites (tertiary alicyclic amines) is 1. The highest BCUT2D eigenvalue weighted by Crippen LogP contribution is 2.28. The number of nitrogens with two attached hydrogens (primary N) is 1. The molecule has 1 amide bonds. The summed E-state index contributed by atoms with van der Waals surface area (Å²) >= 11 is 0. The second-order valence-corrected chi connectivity index (χ2v) is 8.46. The van der Waals surface area contributed by atoms with E-state index < -0.39 is 10.0 Å². The van der Waals surface area contributed by atoms with Crippen LogP contribution in [0.4, 0.5) is 5.69 Å². The molecule has 0 spiro atoms. The quantitative estimate of drug-likeness (QED) is 0.799. The van der Waals surface area contributed by atoms with Gasteiger partial charge in [-0.1, -0.05) is 12.1 Å². The van der Waals surface area contributed by atoms with Gasteiger partial charge in [-0.25, -0.2) is 13.6 Å². The van der Waals surface area contributed by atoms with Gasteiger partial charge in [0.15, 0.2) is 0 Å². The van der Waals surface area contributed by atoms with E-state index in [1.54, 1.807) is 0 Å². The van der Waals surface area contributed by atoms with Crippen LogP contribution < -0.4 is 10.5 Å². The van der Waals surface area contributed by atoms with Gasteiger partial charge in [0.05, 0.1) is 23.1 Å². The minimum absolute atomic E-state index is 0.00961. The van der Waals surface area contributed by atoms with Gasteiger partial charge in [-0.2, -0.15) is 5.26 Å². The van der Waals surface area contributed by atoms with Gasteiger partial charge in [-0.15, -0.1) is 0 Å². The molecule has 2 aromatic carbocycles. The Morgan fingerprint density at radius 3 is 2.25 bits per heavy atom. The summed E-state index contributed by atoms with van der Waals surface area (Å²) in [6.45, 7) is 1.93. The van der Waals surface area contributed by atoms with Gasteiger partial charge >= 0.3 is 0 Å². The fourth-order valence-corrected chi connectivity index (χ4v) is 3.90. The summed E-state index contributed by atoms with van der Waals surface area (Å²) in [5, 5.41) is 16.7. The lowest BCUT2D eigenvalue weighted by atomic mass is 9.89. The summed E-state index contributed by atoms with van der Waals surface area (Å²) < 4.78 is 22.5. The maximum absolute atomic E-state index is 12.3. The number of amides is 1. The number of rotatable bonds is 5. The molecule has 0 saturated carbocycles. The average Bonchev–Trinajstić information content (AvgIpc) is 2.68. The molecule has 2 aromatic rings. The Kier molecular flexibility index (Phi) is 6.09. The van der Waals surface area contributed by atoms with Crippen molar-refractivity contribution in [2.24, 2.45) is 5.14 Å². The predicted molar refractivity (Wildman–Crippen MR) is 106 cm³/mol. The molecule has 0 aliphatic carbocycles. The van der Waals surface area contributed by atoms with Crippen molar-refractivity contribution in [1.82, 2.24) is 4.90 Å². The van der Waals surface area contributed by atoms with Crippen molar-refractivity contribution in [3.63, 3.8) is 0 Å². The maximum Gasteiger partial charge on any atom is 0.238 e. The Bertz CT molecular complexity index is 972. The van der Waals surface area contributed by atoms with E-state index in [1.807, 2.05) is 24.3 Å². The average molecular weight is 398 g/mol. The molecule has 1 aliphatic rings. The van der Waals surface area contributed by atoms with Gasteiger partial charge in [0, 0.05) is 5.69 Å². The molecular formula is C20H22N4O3S. The Morgan fingerprint density at radius 2 is 1.71 bits per heavy atom. The van der Waals surface area contributed by atoms with E-state index >= 15 is 0 Å². The SMILES string of the molecule is N#Cc1ccc(C2CCN(CC(=O)Nc3ccc(S(N)(=O)=O)cc3)CC2)cc1. The Balaban J connectivity index is 1.49. The molecule has 0 atom stereocenters. The summed E-state index contributed by atoms with van der Waals surface area (Å²) in [4.78, 5) is 14.4. The molecule has 146 valence electrons. The Morgan fingerprint density at radius 1 is 1.11 bits per heavy atom. The molecule has 0 unspecified atom stereocenters. The minimum atomic E-state index is -3.74. The number of anilines is 1. The molecule has 8 heteroatoms. The Labute approximate surface area is 164 Å². The minimum Gasteiger partial charge on any atom is -0.325 e. The van der Waals surface area contributed by atoms with Crippen molar-refractivity contribution in [3.8, 4) is 6.07 Å². The first-order chi connectivity index (χ1) is 13.3. The van der Waals surface area contributed by atoms with E-state index in [4.69, 9.17) is 10.4 Å². The van der Waals surface area contributed by atoms with Gasteiger partial charge in [-0.3, -0.25) is 9.69 Å². The van der Waals surface area contributed by atoms with Gasteiger partial charge in [0.25, 0.3) is 0 Å². The van der Waals surface area contributed by atoms with Crippen molar-refractivity contribution in [1.29, 1.82) is 5.26 Å². The molecule has 7 nitrogen and oxygen atoms in total. The largest absolute Gasteiger partial charge is 0.325 e. The van der Waals surface area contributed by atoms with Crippen LogP contribution in [0.5, 0.6) is 0 Å². The number of hydrogen-bond acceptors (Lipinski definition) is 5. The van der Waals surface area contributed by atoms with E-state index in [2.05, 4.69) is 16.3 Å². The van der Waals surface area contributed by atoms with Crippen LogP contribution in [-0.2, 0) is 14.8 Å². The molecule has 1 fully saturated rings. The third-order valence-electron chi connectivity index (χ3n) is 4.93. The van der Waals surface area contributed by atoms with E-state index in [0.717, 1.165) is 25.9 Å². The van der Waals surface area contributed by atoms with Crippen LogP contribution >= 0.6 is 0 Å². The number of nitrogens with one attached hydrogen (secondary N) is 1. The number of carbonyl (C=O) groups is 1. The van der Waals surface area contributed by atoms with E-state index in [1.165, 1.54) is 29.8 Å². The van der Waals surface area contributed by atoms with E-state index in [-0.39, 0.29) is 17.3 Å². The zero-order chi connectivity index (χ0) is 20.1. The smallest absolute Gasteiger partial charge is 0.238 e. The molecular weight excluding hydrogens is 376 g/mol. The number of nitrogens with zero attached hydrogens (tertiary/aromatic N) is 2. The molecule has 1 heterocycles. The lowest BCUT2D eigenvalue weighted by Crippen LogP contribution is -2.38. The number of primary sulfonamides is 1. The van der Waals surface area contributed by atoms with Gasteiger partial charge < -0.3 is 5.32 Å². The maximum atomic E-state index is 12.3. The fourth-order valence-electron chi connectivity index (χ4n) is 3.39. The fraction of sp³-hybridized carbons (Fsp3) is 0.300. The lowest BCUT2D eigenvalue weighted by Gasteiger charge is -2.31. The van der Waals surface area contributed by atoms with Crippen LogP contribution in [0.2, 0.25) is 0 Å². The number of benzene rings is 2. The summed E-state index contributed by atoms with van der Waals surface area (Å²) in [6, 6.07) is 15.6. The normalized spacial score (nSPS) is 15.7. The molecule has 0 radical (unpaired) electrons. The molecule has 3 rings (SSSR count). The first-order valence-corrected chi connectivity index (χ1v) is 10.5. The monoisotopic (exact) mass is 398 g/mol. The summed E-state index contributed by atoms with van der Waals surface area (Å²) in [5.74, 6) is 0.304. The topological polar surface area (TPSA) is 116 Å². The molecule has 0 bridgehead atoms. The lowest BCUT2D eigenvalue weighted by molar-refractivity contribution is -0.117. The second kappa shape index (κ2) is 8.52. The van der Waals surface area contributed by atoms with Crippen molar-refractivity contribution < 1.29 is 13.2 Å². The van der Waals surface area contributed by atoms with Crippen molar-refractivity contribution >= 4 is 21.6 Å². The second-order valence-electron chi connectivity index (χ2n) is 6.90. The van der Waals surface area contributed by atoms with Crippen LogP contribution in [0.15, 0.2) is 53.4 Å². The van der Waals surface area contributed by atoms with Gasteiger partial charge in [-0.05, 0) is 73.8 Å². The molecule has 3 N–H and O–H groups in total. The van der Waals surface area contributed by atoms with Crippen LogP contribution in [-0.4, -0.2) is 38.9 Å². The summed E-state index contributed by atoms with van der Waals surface area (Å²) in [6.07, 6.45) is 1.92. The highest BCUT2D eigenvalue weighted by atomic mass is 32.2. The standard InChI is InChI=1S/C20H22N4O3S/c21-13-15-1-3-16(4-2-15)17-9-11-24(12-10-17)14-20(25)23-18-5-7-19(8-6-18)28(22,26)27/h1-8,17H,9-12,14H2,(H,23,25)(H2,22,26,27). The van der Waals surface area contributed by atoms with Crippen molar-refractivity contribution in [3.05, 3.63) is 59.7 Å². The third kappa shape index (κ3) is 5.16. The first kappa shape index (κ1) is 20.0. The van der Waals surface area contributed by atoms with E-state index in [9.17, 15) is 13.2 Å². The van der Waals surface area contributed by atoms with Crippen LogP contribution in [0, 0.1) is 11.3 Å². The highest BCUT2D eigenvalue weighted by molar-refractivity contribution is 7.89. The zero-order valence-corrected chi connectivity index (χ0v) is 16.2. The highest BCUT2D eigenvalue weighted by Gasteiger charge is 2.22. The molecule has 1 saturated heterocycles. The number of piperidine rings is 1. The van der Waals surface area contributed by atoms with Crippen LogP contribution in [0.1, 0.15) is 29.9 Å². The summed E-state index contributed by atoms with van der Waals surface area (Å²) in [5.41, 5.74) is 2.43. The van der Waals surface area contributed by atoms with Crippen LogP contribution in [0.3, 0.4) is 0 Å². The number of sulfonamides is 1.